The summed E-state index contributed by atoms with van der Waals surface area (Å²) in [6.45, 7) is 8.77. The highest BCUT2D eigenvalue weighted by molar-refractivity contribution is 5.85. The van der Waals surface area contributed by atoms with Gasteiger partial charge in [0.1, 0.15) is 0 Å². The lowest BCUT2D eigenvalue weighted by Crippen LogP contribution is -2.40. The summed E-state index contributed by atoms with van der Waals surface area (Å²) in [7, 11) is 1.49. The predicted octanol–water partition coefficient (Wildman–Crippen LogP) is 3.72. The van der Waals surface area contributed by atoms with Gasteiger partial charge in [-0.15, -0.1) is 0 Å². The molecule has 2 heteroatoms. The third kappa shape index (κ3) is 1.27. The maximum absolute atomic E-state index is 12.2. The summed E-state index contributed by atoms with van der Waals surface area (Å²) in [4.78, 5) is 12.2. The van der Waals surface area contributed by atoms with Crippen LogP contribution in [0.15, 0.2) is 41.5 Å². The molecule has 1 unspecified atom stereocenters. The third-order valence-corrected chi connectivity index (χ3v) is 5.47. The minimum Gasteiger partial charge on any atom is -0.469 e. The van der Waals surface area contributed by atoms with Gasteiger partial charge in [-0.2, -0.15) is 0 Å². The topological polar surface area (TPSA) is 26.3 Å². The van der Waals surface area contributed by atoms with Crippen LogP contribution in [0.25, 0.3) is 0 Å². The number of esters is 1. The quantitative estimate of drug-likeness (QED) is 0.605. The first-order chi connectivity index (χ1) is 9.40. The molecule has 2 fully saturated rings. The number of benzene rings is 1. The molecule has 0 saturated heterocycles. The predicted molar refractivity (Wildman–Crippen MR) is 79.3 cm³/mol. The Balaban J connectivity index is 2.14. The van der Waals surface area contributed by atoms with Crippen LogP contribution in [0.4, 0.5) is 0 Å². The molecule has 0 bridgehead atoms. The lowest BCUT2D eigenvalue weighted by molar-refractivity contribution is -0.146. The Hall–Kier alpha value is -1.57. The molecule has 1 aromatic rings. The molecule has 0 spiro atoms. The Bertz CT molecular complexity index is 593. The Morgan fingerprint density at radius 1 is 1.15 bits per heavy atom. The van der Waals surface area contributed by atoms with Gasteiger partial charge in [-0.1, -0.05) is 49.8 Å². The first-order valence-electron chi connectivity index (χ1n) is 7.22. The average molecular weight is 270 g/mol. The summed E-state index contributed by atoms with van der Waals surface area (Å²) in [6.07, 6.45) is 0. The summed E-state index contributed by atoms with van der Waals surface area (Å²) in [6, 6.07) is 10.6. The Morgan fingerprint density at radius 2 is 1.75 bits per heavy atom. The van der Waals surface area contributed by atoms with Gasteiger partial charge in [0.2, 0.25) is 0 Å². The second kappa shape index (κ2) is 3.97. The fourth-order valence-electron chi connectivity index (χ4n) is 4.79. The lowest BCUT2D eigenvalue weighted by atomic mass is 9.64. The van der Waals surface area contributed by atoms with E-state index >= 15 is 0 Å². The largest absolute Gasteiger partial charge is 0.469 e. The normalized spacial score (nSPS) is 33.0. The first kappa shape index (κ1) is 13.4. The molecule has 0 aliphatic heterocycles. The van der Waals surface area contributed by atoms with Crippen molar-refractivity contribution in [3.63, 3.8) is 0 Å². The van der Waals surface area contributed by atoms with E-state index in [1.165, 1.54) is 23.8 Å². The van der Waals surface area contributed by atoms with Gasteiger partial charge >= 0.3 is 5.97 Å². The summed E-state index contributed by atoms with van der Waals surface area (Å²) >= 11 is 0. The SMILES string of the molecule is COC(=O)[C@H]1C(=C(C)C)[C@@]2(c3ccccc3)C1C2(C)C. The summed E-state index contributed by atoms with van der Waals surface area (Å²) in [5, 5.41) is 0. The number of rotatable bonds is 2. The van der Waals surface area contributed by atoms with Crippen LogP contribution in [0.1, 0.15) is 33.3 Å². The molecule has 20 heavy (non-hydrogen) atoms. The number of carbonyl (C=O) groups is 1. The molecule has 2 aliphatic rings. The van der Waals surface area contributed by atoms with Crippen molar-refractivity contribution < 1.29 is 9.53 Å². The van der Waals surface area contributed by atoms with Gasteiger partial charge in [-0.25, -0.2) is 0 Å². The Morgan fingerprint density at radius 3 is 2.25 bits per heavy atom. The molecule has 0 radical (unpaired) electrons. The van der Waals surface area contributed by atoms with Gasteiger partial charge in [-0.05, 0) is 36.3 Å². The van der Waals surface area contributed by atoms with E-state index in [0.29, 0.717) is 5.92 Å². The van der Waals surface area contributed by atoms with E-state index in [0.717, 1.165) is 0 Å². The van der Waals surface area contributed by atoms with Gasteiger partial charge < -0.3 is 4.74 Å². The van der Waals surface area contributed by atoms with Gasteiger partial charge in [0.25, 0.3) is 0 Å². The van der Waals surface area contributed by atoms with E-state index in [-0.39, 0.29) is 22.7 Å². The molecule has 0 N–H and O–H groups in total. The zero-order valence-corrected chi connectivity index (χ0v) is 12.9. The fourth-order valence-corrected chi connectivity index (χ4v) is 4.79. The lowest BCUT2D eigenvalue weighted by Gasteiger charge is -2.38. The Labute approximate surface area is 120 Å². The van der Waals surface area contributed by atoms with Gasteiger partial charge in [0.15, 0.2) is 0 Å². The zero-order valence-electron chi connectivity index (χ0n) is 12.9. The molecule has 1 aromatic carbocycles. The molecular formula is C18H22O2. The van der Waals surface area contributed by atoms with E-state index in [2.05, 4.69) is 52.0 Å². The number of ether oxygens (including phenoxy) is 1. The molecule has 0 heterocycles. The highest BCUT2D eigenvalue weighted by Gasteiger charge is 2.85. The summed E-state index contributed by atoms with van der Waals surface area (Å²) in [5.74, 6) is 0.235. The standard InChI is InChI=1S/C18H22O2/c1-11(2)14-13(16(19)20-5)15-17(3,4)18(14,15)12-9-7-6-8-10-12/h6-10,13,15H,1-5H3/t13-,15?,18-/m0/s1. The van der Waals surface area contributed by atoms with Crippen molar-refractivity contribution in [3.05, 3.63) is 47.0 Å². The smallest absolute Gasteiger partial charge is 0.313 e. The molecular weight excluding hydrogens is 248 g/mol. The van der Waals surface area contributed by atoms with E-state index in [9.17, 15) is 4.79 Å². The third-order valence-electron chi connectivity index (χ3n) is 5.47. The van der Waals surface area contributed by atoms with Crippen LogP contribution < -0.4 is 0 Å². The number of fused-ring (bicyclic) bond motifs is 1. The minimum atomic E-state index is -0.0802. The number of hydrogen-bond acceptors (Lipinski definition) is 2. The fraction of sp³-hybridized carbons (Fsp3) is 0.500. The molecule has 106 valence electrons. The van der Waals surface area contributed by atoms with Crippen molar-refractivity contribution in [3.8, 4) is 0 Å². The molecule has 3 rings (SSSR count). The molecule has 2 aliphatic carbocycles. The van der Waals surface area contributed by atoms with Gasteiger partial charge in [0, 0.05) is 5.41 Å². The minimum absolute atomic E-state index is 0.0476. The van der Waals surface area contributed by atoms with Crippen LogP contribution in [-0.2, 0) is 14.9 Å². The van der Waals surface area contributed by atoms with Crippen molar-refractivity contribution >= 4 is 5.97 Å². The first-order valence-corrected chi connectivity index (χ1v) is 7.22. The molecule has 2 saturated carbocycles. The van der Waals surface area contributed by atoms with Crippen LogP contribution in [0.5, 0.6) is 0 Å². The van der Waals surface area contributed by atoms with E-state index in [4.69, 9.17) is 4.74 Å². The average Bonchev–Trinajstić information content (AvgIpc) is 2.79. The van der Waals surface area contributed by atoms with Crippen LogP contribution in [-0.4, -0.2) is 13.1 Å². The van der Waals surface area contributed by atoms with Crippen LogP contribution in [0, 0.1) is 17.3 Å². The van der Waals surface area contributed by atoms with E-state index in [1.807, 2.05) is 6.07 Å². The van der Waals surface area contributed by atoms with Crippen LogP contribution >= 0.6 is 0 Å². The Kier molecular flexibility index (Phi) is 2.66. The zero-order chi connectivity index (χ0) is 14.7. The second-order valence-corrected chi connectivity index (χ2v) is 6.79. The van der Waals surface area contributed by atoms with Crippen LogP contribution in [0.2, 0.25) is 0 Å². The summed E-state index contributed by atoms with van der Waals surface area (Å²) in [5.41, 5.74) is 4.05. The highest BCUT2D eigenvalue weighted by Crippen LogP contribution is 2.85. The van der Waals surface area contributed by atoms with Crippen molar-refractivity contribution in [2.75, 3.05) is 7.11 Å². The second-order valence-electron chi connectivity index (χ2n) is 6.79. The highest BCUT2D eigenvalue weighted by atomic mass is 16.5. The molecule has 0 aromatic heterocycles. The van der Waals surface area contributed by atoms with Crippen molar-refractivity contribution in [1.82, 2.24) is 0 Å². The van der Waals surface area contributed by atoms with Gasteiger partial charge in [-0.3, -0.25) is 4.79 Å². The number of allylic oxidation sites excluding steroid dienone is 1. The molecule has 0 amide bonds. The monoisotopic (exact) mass is 270 g/mol. The molecule has 3 atom stereocenters. The van der Waals surface area contributed by atoms with E-state index < -0.39 is 0 Å². The number of carbonyl (C=O) groups excluding carboxylic acids is 1. The number of methoxy groups -OCH3 is 1. The van der Waals surface area contributed by atoms with Crippen molar-refractivity contribution in [1.29, 1.82) is 0 Å². The van der Waals surface area contributed by atoms with Crippen molar-refractivity contribution in [2.45, 2.75) is 33.1 Å². The van der Waals surface area contributed by atoms with Gasteiger partial charge in [0.05, 0.1) is 13.0 Å². The van der Waals surface area contributed by atoms with E-state index in [1.54, 1.807) is 0 Å². The molecule has 2 nitrogen and oxygen atoms in total. The summed E-state index contributed by atoms with van der Waals surface area (Å²) < 4.78 is 5.03. The maximum atomic E-state index is 12.2. The van der Waals surface area contributed by atoms with Crippen molar-refractivity contribution in [2.24, 2.45) is 17.3 Å². The maximum Gasteiger partial charge on any atom is 0.313 e. The van der Waals surface area contributed by atoms with Crippen LogP contribution in [0.3, 0.4) is 0 Å². The number of hydrogen-bond donors (Lipinski definition) is 0.